The third kappa shape index (κ3) is 6.29. The molecule has 220 valence electrons. The van der Waals surface area contributed by atoms with E-state index in [0.29, 0.717) is 6.04 Å². The van der Waals surface area contributed by atoms with Crippen molar-refractivity contribution in [2.45, 2.75) is 38.1 Å². The average Bonchev–Trinajstić information content (AvgIpc) is 3.86. The van der Waals surface area contributed by atoms with Gasteiger partial charge in [-0.3, -0.25) is 0 Å². The molecule has 10 heteroatoms. The van der Waals surface area contributed by atoms with Crippen molar-refractivity contribution >= 4 is 33.7 Å². The number of anilines is 2. The van der Waals surface area contributed by atoms with Crippen LogP contribution in [-0.2, 0) is 0 Å². The summed E-state index contributed by atoms with van der Waals surface area (Å²) in [6, 6.07) is 20.9. The van der Waals surface area contributed by atoms with E-state index < -0.39 is 0 Å². The molecule has 0 unspecified atom stereocenters. The first-order valence-electron chi connectivity index (χ1n) is 14.8. The van der Waals surface area contributed by atoms with Crippen LogP contribution in [0.25, 0.3) is 44.6 Å². The second kappa shape index (κ2) is 12.2. The van der Waals surface area contributed by atoms with Gasteiger partial charge in [0.1, 0.15) is 35.3 Å². The average molecular weight is 589 g/mol. The lowest BCUT2D eigenvalue weighted by Gasteiger charge is -2.27. The molecule has 2 saturated carbocycles. The molecule has 0 bridgehead atoms. The van der Waals surface area contributed by atoms with Crippen molar-refractivity contribution in [2.24, 2.45) is 5.92 Å². The minimum absolute atomic E-state index is 0.267. The summed E-state index contributed by atoms with van der Waals surface area (Å²) in [7, 11) is 0. The zero-order valence-electron chi connectivity index (χ0n) is 23.9. The quantitative estimate of drug-likeness (QED) is 0.198. The predicted molar refractivity (Wildman–Crippen MR) is 168 cm³/mol. The molecule has 0 aliphatic heterocycles. The van der Waals surface area contributed by atoms with Gasteiger partial charge >= 0.3 is 0 Å². The van der Waals surface area contributed by atoms with Crippen molar-refractivity contribution in [3.8, 4) is 22.5 Å². The van der Waals surface area contributed by atoms with Crippen molar-refractivity contribution in [1.29, 1.82) is 0 Å². The molecule has 8 rings (SSSR count). The van der Waals surface area contributed by atoms with E-state index in [0.717, 1.165) is 81.5 Å². The van der Waals surface area contributed by atoms with Gasteiger partial charge in [0.25, 0.3) is 0 Å². The third-order valence-electron chi connectivity index (χ3n) is 7.91. The minimum atomic E-state index is -0.268. The Morgan fingerprint density at radius 1 is 0.636 bits per heavy atom. The van der Waals surface area contributed by atoms with Crippen LogP contribution in [0.15, 0.2) is 85.5 Å². The second-order valence-electron chi connectivity index (χ2n) is 11.2. The molecule has 0 atom stereocenters. The number of nitrogens with one attached hydrogen (secondary N) is 2. The minimum Gasteiger partial charge on any atom is -0.368 e. The van der Waals surface area contributed by atoms with Gasteiger partial charge in [0.2, 0.25) is 0 Å². The lowest BCUT2D eigenvalue weighted by Crippen LogP contribution is -2.27. The first kappa shape index (κ1) is 27.7. The lowest BCUT2D eigenvalue weighted by molar-refractivity contribution is 0.444. The fourth-order valence-electron chi connectivity index (χ4n) is 5.04. The van der Waals surface area contributed by atoms with E-state index in [-0.39, 0.29) is 11.6 Å². The maximum atomic E-state index is 13.4. The Balaban J connectivity index is 0.000000142. The number of hydrogen-bond donors (Lipinski definition) is 2. The fraction of sp³-hybridized carbons (Fsp3) is 0.235. The zero-order valence-corrected chi connectivity index (χ0v) is 23.9. The number of halogens is 2. The molecule has 0 spiro atoms. The lowest BCUT2D eigenvalue weighted by atomic mass is 9.93. The van der Waals surface area contributed by atoms with Gasteiger partial charge < -0.3 is 10.6 Å². The molecule has 2 aromatic carbocycles. The predicted octanol–water partition coefficient (Wildman–Crippen LogP) is 7.45. The monoisotopic (exact) mass is 588 g/mol. The molecule has 2 fully saturated rings. The zero-order chi connectivity index (χ0) is 29.9. The number of hydrogen-bond acceptors (Lipinski definition) is 8. The Hall–Kier alpha value is -5.12. The van der Waals surface area contributed by atoms with E-state index in [1.807, 2.05) is 36.4 Å². The molecule has 2 aliphatic rings. The van der Waals surface area contributed by atoms with Crippen LogP contribution < -0.4 is 10.6 Å². The largest absolute Gasteiger partial charge is 0.368 e. The molecular formula is C34H30F2N8. The first-order valence-corrected chi connectivity index (χ1v) is 14.8. The van der Waals surface area contributed by atoms with Crippen LogP contribution in [-0.4, -0.2) is 42.5 Å². The summed E-state index contributed by atoms with van der Waals surface area (Å²) >= 11 is 0. The standard InChI is InChI=1S/2C17H15FN4/c18-12-4-1-3-11(9-12)14-7-8-15-16(22-14)17(20-10-19-15)21-13-5-2-6-13;18-13-3-1-2-12(8-13)14-6-7-15-16(22-14)17(21-10-20-15)19-9-11-4-5-11/h1,3-4,7-10,13H,2,5-6H2,(H,19,20,21);1-3,6-8,10-11H,4-5,9H2,(H,19,20,21). The number of benzene rings is 2. The molecule has 2 N–H and O–H groups in total. The van der Waals surface area contributed by atoms with E-state index >= 15 is 0 Å². The van der Waals surface area contributed by atoms with E-state index in [1.165, 1.54) is 43.5 Å². The van der Waals surface area contributed by atoms with Crippen molar-refractivity contribution in [3.05, 3.63) is 97.1 Å². The van der Waals surface area contributed by atoms with Crippen molar-refractivity contribution in [1.82, 2.24) is 29.9 Å². The topological polar surface area (TPSA) is 101 Å². The Bertz CT molecular complexity index is 1940. The molecule has 4 aromatic heterocycles. The molecule has 4 heterocycles. The normalized spacial score (nSPS) is 14.5. The van der Waals surface area contributed by atoms with Gasteiger partial charge in [-0.15, -0.1) is 0 Å². The van der Waals surface area contributed by atoms with E-state index in [9.17, 15) is 8.78 Å². The number of aromatic nitrogens is 6. The maximum absolute atomic E-state index is 13.4. The Kier molecular flexibility index (Phi) is 7.70. The van der Waals surface area contributed by atoms with Crippen LogP contribution >= 0.6 is 0 Å². The highest BCUT2D eigenvalue weighted by atomic mass is 19.1. The van der Waals surface area contributed by atoms with Crippen LogP contribution in [0.1, 0.15) is 32.1 Å². The highest BCUT2D eigenvalue weighted by molar-refractivity contribution is 5.88. The van der Waals surface area contributed by atoms with Crippen LogP contribution in [0.4, 0.5) is 20.4 Å². The summed E-state index contributed by atoms with van der Waals surface area (Å²) in [6.45, 7) is 0.915. The van der Waals surface area contributed by atoms with Gasteiger partial charge in [0, 0.05) is 23.7 Å². The molecular weight excluding hydrogens is 558 g/mol. The van der Waals surface area contributed by atoms with Crippen molar-refractivity contribution in [3.63, 3.8) is 0 Å². The molecule has 2 aliphatic carbocycles. The highest BCUT2D eigenvalue weighted by Crippen LogP contribution is 2.30. The summed E-state index contributed by atoms with van der Waals surface area (Å²) in [5.74, 6) is 1.71. The number of pyridine rings is 2. The summed E-state index contributed by atoms with van der Waals surface area (Å²) in [5.41, 5.74) is 5.97. The molecule has 44 heavy (non-hydrogen) atoms. The molecule has 0 amide bonds. The molecule has 0 saturated heterocycles. The molecule has 8 nitrogen and oxygen atoms in total. The summed E-state index contributed by atoms with van der Waals surface area (Å²) < 4.78 is 26.8. The van der Waals surface area contributed by atoms with Crippen molar-refractivity contribution in [2.75, 3.05) is 17.2 Å². The Morgan fingerprint density at radius 2 is 1.20 bits per heavy atom. The van der Waals surface area contributed by atoms with Crippen LogP contribution in [0, 0.1) is 17.6 Å². The fourth-order valence-corrected chi connectivity index (χ4v) is 5.04. The van der Waals surface area contributed by atoms with Gasteiger partial charge in [0.05, 0.1) is 22.4 Å². The third-order valence-corrected chi connectivity index (χ3v) is 7.91. The van der Waals surface area contributed by atoms with Crippen LogP contribution in [0.2, 0.25) is 0 Å². The van der Waals surface area contributed by atoms with Crippen LogP contribution in [0.3, 0.4) is 0 Å². The Labute approximate surface area is 253 Å². The SMILES string of the molecule is Fc1cccc(-c2ccc3ncnc(NC4CCC4)c3n2)c1.Fc1cccc(-c2ccc3ncnc(NCC4CC4)c3n2)c1. The van der Waals surface area contributed by atoms with Gasteiger partial charge in [-0.25, -0.2) is 38.7 Å². The maximum Gasteiger partial charge on any atom is 0.156 e. The summed E-state index contributed by atoms with van der Waals surface area (Å²) in [5, 5.41) is 6.78. The second-order valence-corrected chi connectivity index (χ2v) is 11.2. The van der Waals surface area contributed by atoms with Crippen LogP contribution in [0.5, 0.6) is 0 Å². The van der Waals surface area contributed by atoms with E-state index in [4.69, 9.17) is 0 Å². The molecule has 6 aromatic rings. The number of rotatable bonds is 7. The number of nitrogens with zero attached hydrogens (tertiary/aromatic N) is 6. The van der Waals surface area contributed by atoms with Gasteiger partial charge in [-0.2, -0.15) is 0 Å². The Morgan fingerprint density at radius 3 is 1.73 bits per heavy atom. The smallest absolute Gasteiger partial charge is 0.156 e. The summed E-state index contributed by atoms with van der Waals surface area (Å²) in [4.78, 5) is 26.4. The van der Waals surface area contributed by atoms with E-state index in [1.54, 1.807) is 24.8 Å². The van der Waals surface area contributed by atoms with Gasteiger partial charge in [-0.05, 0) is 86.6 Å². The van der Waals surface area contributed by atoms with E-state index in [2.05, 4.69) is 40.5 Å². The van der Waals surface area contributed by atoms with Crippen molar-refractivity contribution < 1.29 is 8.78 Å². The summed E-state index contributed by atoms with van der Waals surface area (Å²) in [6.07, 6.45) is 9.22. The molecule has 0 radical (unpaired) electrons. The highest BCUT2D eigenvalue weighted by Gasteiger charge is 2.21. The number of fused-ring (bicyclic) bond motifs is 2. The first-order chi connectivity index (χ1) is 21.6. The van der Waals surface area contributed by atoms with Gasteiger partial charge in [0.15, 0.2) is 11.6 Å². The van der Waals surface area contributed by atoms with Gasteiger partial charge in [-0.1, -0.05) is 24.3 Å².